The molecule has 0 N–H and O–H groups in total. The first-order valence-electron chi connectivity index (χ1n) is 11.6. The average Bonchev–Trinajstić information content (AvgIpc) is 2.84. The van der Waals surface area contributed by atoms with E-state index < -0.39 is 22.8 Å². The number of rotatable bonds is 8. The van der Waals surface area contributed by atoms with Crippen LogP contribution in [0.2, 0.25) is 0 Å². The maximum absolute atomic E-state index is 13.3. The van der Waals surface area contributed by atoms with Crippen molar-refractivity contribution in [1.29, 1.82) is 0 Å². The van der Waals surface area contributed by atoms with Gasteiger partial charge in [0.2, 0.25) is 0 Å². The summed E-state index contributed by atoms with van der Waals surface area (Å²) in [6, 6.07) is 13.8. The van der Waals surface area contributed by atoms with Crippen molar-refractivity contribution in [3.8, 4) is 0 Å². The molecular weight excluding hydrogens is 448 g/mol. The van der Waals surface area contributed by atoms with Crippen LogP contribution in [0, 0.1) is 10.1 Å². The summed E-state index contributed by atoms with van der Waals surface area (Å²) in [5.41, 5.74) is 4.23. The van der Waals surface area contributed by atoms with Crippen LogP contribution in [0.5, 0.6) is 0 Å². The van der Waals surface area contributed by atoms with E-state index >= 15 is 0 Å². The highest BCUT2D eigenvalue weighted by Gasteiger charge is 2.41. The van der Waals surface area contributed by atoms with Gasteiger partial charge in [0.25, 0.3) is 5.69 Å². The summed E-state index contributed by atoms with van der Waals surface area (Å²) in [7, 11) is 0. The first-order chi connectivity index (χ1) is 16.7. The Hall–Kier alpha value is -3.94. The minimum Gasteiger partial charge on any atom is -0.463 e. The molecule has 1 aliphatic rings. The number of benzene rings is 2. The summed E-state index contributed by atoms with van der Waals surface area (Å²) in [5.74, 6) is -1.92. The van der Waals surface area contributed by atoms with E-state index in [-0.39, 0.29) is 30.0 Å². The van der Waals surface area contributed by atoms with Crippen molar-refractivity contribution in [2.45, 2.75) is 47.0 Å². The number of anilines is 1. The number of allylic oxidation sites excluding steroid dienone is 2. The zero-order chi connectivity index (χ0) is 25.7. The number of nitrogens with zero attached hydrogens (tertiary/aromatic N) is 2. The van der Waals surface area contributed by atoms with Gasteiger partial charge in [-0.25, -0.2) is 9.59 Å². The molecule has 3 rings (SSSR count). The third-order valence-corrected chi connectivity index (χ3v) is 6.06. The van der Waals surface area contributed by atoms with Gasteiger partial charge in [0, 0.05) is 29.2 Å². The lowest BCUT2D eigenvalue weighted by Crippen LogP contribution is -2.35. The Morgan fingerprint density at radius 3 is 1.74 bits per heavy atom. The van der Waals surface area contributed by atoms with E-state index in [9.17, 15) is 19.7 Å². The molecule has 0 amide bonds. The fraction of sp³-hybridized carbons (Fsp3) is 0.333. The molecule has 8 heteroatoms. The van der Waals surface area contributed by atoms with Gasteiger partial charge >= 0.3 is 11.9 Å². The summed E-state index contributed by atoms with van der Waals surface area (Å²) in [6.07, 6.45) is 0.883. The standard InChI is InChI=1S/C27H30N2O6/c1-6-19-9-13-21(14-10-19)28-17(4)23(26(30)34-7-2)25(24(18(28)5)27(31)35-8-3)20-11-15-22(16-12-20)29(32)33/h9-16,25H,6-8H2,1-5H3. The molecule has 1 aliphatic heterocycles. The van der Waals surface area contributed by atoms with Crippen LogP contribution in [0.4, 0.5) is 11.4 Å². The lowest BCUT2D eigenvalue weighted by Gasteiger charge is -2.38. The fourth-order valence-corrected chi connectivity index (χ4v) is 4.39. The second-order valence-electron chi connectivity index (χ2n) is 8.08. The molecule has 0 saturated carbocycles. The topological polar surface area (TPSA) is 99.0 Å². The van der Waals surface area contributed by atoms with Gasteiger partial charge in [0.05, 0.1) is 35.2 Å². The van der Waals surface area contributed by atoms with Crippen LogP contribution in [0.25, 0.3) is 0 Å². The van der Waals surface area contributed by atoms with E-state index in [0.29, 0.717) is 17.0 Å². The van der Waals surface area contributed by atoms with Crippen molar-refractivity contribution in [2.75, 3.05) is 18.1 Å². The number of carbonyl (C=O) groups is 2. The van der Waals surface area contributed by atoms with E-state index in [1.807, 2.05) is 43.0 Å². The third kappa shape index (κ3) is 5.11. The number of aryl methyl sites for hydroxylation is 1. The SMILES string of the molecule is CCOC(=O)C1=C(C)N(c2ccc(CC)cc2)C(C)=C(C(=O)OCC)C1c1ccc([N+](=O)[O-])cc1. The molecule has 0 aliphatic carbocycles. The first kappa shape index (κ1) is 25.7. The predicted molar refractivity (Wildman–Crippen MR) is 133 cm³/mol. The van der Waals surface area contributed by atoms with Crippen LogP contribution in [0.15, 0.2) is 71.1 Å². The van der Waals surface area contributed by atoms with E-state index in [1.54, 1.807) is 26.0 Å². The van der Waals surface area contributed by atoms with Crippen LogP contribution in [0.1, 0.15) is 51.7 Å². The number of nitro benzene ring substituents is 1. The summed E-state index contributed by atoms with van der Waals surface area (Å²) < 4.78 is 10.8. The van der Waals surface area contributed by atoms with Crippen LogP contribution in [-0.4, -0.2) is 30.1 Å². The Morgan fingerprint density at radius 1 is 0.857 bits per heavy atom. The smallest absolute Gasteiger partial charge is 0.336 e. The first-order valence-corrected chi connectivity index (χ1v) is 11.6. The van der Waals surface area contributed by atoms with Gasteiger partial charge in [-0.1, -0.05) is 31.2 Å². The largest absolute Gasteiger partial charge is 0.463 e. The quantitative estimate of drug-likeness (QED) is 0.283. The zero-order valence-electron chi connectivity index (χ0n) is 20.7. The van der Waals surface area contributed by atoms with Crippen molar-refractivity contribution in [3.05, 3.63) is 92.3 Å². The Kier molecular flexibility index (Phi) is 8.06. The Labute approximate surface area is 205 Å². The monoisotopic (exact) mass is 478 g/mol. The molecule has 0 unspecified atom stereocenters. The summed E-state index contributed by atoms with van der Waals surface area (Å²) >= 11 is 0. The van der Waals surface area contributed by atoms with Gasteiger partial charge in [-0.3, -0.25) is 10.1 Å². The van der Waals surface area contributed by atoms with E-state index in [2.05, 4.69) is 6.92 Å². The number of ether oxygens (including phenoxy) is 2. The van der Waals surface area contributed by atoms with Crippen molar-refractivity contribution in [3.63, 3.8) is 0 Å². The summed E-state index contributed by atoms with van der Waals surface area (Å²) in [4.78, 5) is 39.1. The highest BCUT2D eigenvalue weighted by Crippen LogP contribution is 2.44. The average molecular weight is 479 g/mol. The predicted octanol–water partition coefficient (Wildman–Crippen LogP) is 5.44. The lowest BCUT2D eigenvalue weighted by molar-refractivity contribution is -0.384. The van der Waals surface area contributed by atoms with Crippen LogP contribution >= 0.6 is 0 Å². The van der Waals surface area contributed by atoms with Crippen molar-refractivity contribution in [1.82, 2.24) is 0 Å². The molecule has 184 valence electrons. The Balaban J connectivity index is 2.29. The molecule has 0 aromatic heterocycles. The summed E-state index contributed by atoms with van der Waals surface area (Å²) in [6.45, 7) is 9.43. The molecule has 0 saturated heterocycles. The van der Waals surface area contributed by atoms with Gasteiger partial charge in [0.1, 0.15) is 0 Å². The van der Waals surface area contributed by atoms with Crippen molar-refractivity contribution < 1.29 is 24.0 Å². The van der Waals surface area contributed by atoms with E-state index in [0.717, 1.165) is 17.7 Å². The Bertz CT molecular complexity index is 1140. The van der Waals surface area contributed by atoms with E-state index in [4.69, 9.17) is 9.47 Å². The van der Waals surface area contributed by atoms with Crippen molar-refractivity contribution >= 4 is 23.3 Å². The molecule has 2 aromatic rings. The molecule has 0 radical (unpaired) electrons. The van der Waals surface area contributed by atoms with Gasteiger partial charge in [0.15, 0.2) is 0 Å². The van der Waals surface area contributed by atoms with Crippen molar-refractivity contribution in [2.24, 2.45) is 0 Å². The fourth-order valence-electron chi connectivity index (χ4n) is 4.39. The highest BCUT2D eigenvalue weighted by molar-refractivity contribution is 6.01. The molecule has 35 heavy (non-hydrogen) atoms. The summed E-state index contributed by atoms with van der Waals surface area (Å²) in [5, 5.41) is 11.2. The number of esters is 2. The molecule has 0 atom stereocenters. The van der Waals surface area contributed by atoms with Crippen LogP contribution < -0.4 is 4.90 Å². The van der Waals surface area contributed by atoms with Crippen LogP contribution in [-0.2, 0) is 25.5 Å². The molecule has 0 bridgehead atoms. The number of hydrogen-bond acceptors (Lipinski definition) is 7. The third-order valence-electron chi connectivity index (χ3n) is 6.06. The zero-order valence-corrected chi connectivity index (χ0v) is 20.7. The van der Waals surface area contributed by atoms with Gasteiger partial charge in [-0.15, -0.1) is 0 Å². The maximum Gasteiger partial charge on any atom is 0.336 e. The number of hydrogen-bond donors (Lipinski definition) is 0. The molecule has 0 spiro atoms. The molecule has 2 aromatic carbocycles. The number of nitro groups is 1. The van der Waals surface area contributed by atoms with Gasteiger partial charge in [-0.05, 0) is 57.4 Å². The van der Waals surface area contributed by atoms with E-state index in [1.165, 1.54) is 12.1 Å². The van der Waals surface area contributed by atoms with Gasteiger partial charge < -0.3 is 14.4 Å². The second-order valence-corrected chi connectivity index (χ2v) is 8.08. The number of non-ortho nitro benzene ring substituents is 1. The molecule has 1 heterocycles. The maximum atomic E-state index is 13.3. The Morgan fingerprint density at radius 2 is 1.34 bits per heavy atom. The van der Waals surface area contributed by atoms with Gasteiger partial charge in [-0.2, -0.15) is 0 Å². The lowest BCUT2D eigenvalue weighted by atomic mass is 9.79. The highest BCUT2D eigenvalue weighted by atomic mass is 16.6. The molecular formula is C27H30N2O6. The second kappa shape index (κ2) is 11.0. The normalized spacial score (nSPS) is 14.3. The van der Waals surface area contributed by atoms with Crippen LogP contribution in [0.3, 0.4) is 0 Å². The molecule has 8 nitrogen and oxygen atoms in total. The number of carbonyl (C=O) groups excluding carboxylic acids is 2. The molecule has 0 fully saturated rings. The minimum absolute atomic E-state index is 0.0843. The minimum atomic E-state index is -0.805.